The molecule has 1 atom stereocenters. The Bertz CT molecular complexity index is 1510. The maximum atomic E-state index is 14.3. The first-order valence-electron chi connectivity index (χ1n) is 14.4. The van der Waals surface area contributed by atoms with E-state index in [0.717, 1.165) is 49.8 Å². The van der Waals surface area contributed by atoms with Gasteiger partial charge in [0, 0.05) is 36.2 Å². The van der Waals surface area contributed by atoms with Crippen LogP contribution in [0.5, 0.6) is 0 Å². The molecular formula is C31H33F4N5OS. The molecule has 6 nitrogen and oxygen atoms in total. The van der Waals surface area contributed by atoms with Crippen molar-refractivity contribution in [3.05, 3.63) is 76.4 Å². The monoisotopic (exact) mass is 599 g/mol. The molecular weight excluding hydrogens is 566 g/mol. The quantitative estimate of drug-likeness (QED) is 0.263. The smallest absolute Gasteiger partial charge is 0.347 e. The second kappa shape index (κ2) is 11.4. The average molecular weight is 600 g/mol. The van der Waals surface area contributed by atoms with E-state index < -0.39 is 17.8 Å². The topological polar surface area (TPSA) is 74.0 Å². The Kier molecular flexibility index (Phi) is 7.80. The van der Waals surface area contributed by atoms with Gasteiger partial charge < -0.3 is 10.2 Å². The first-order valence-corrected chi connectivity index (χ1v) is 15.4. The van der Waals surface area contributed by atoms with Gasteiger partial charge in [-0.05, 0) is 85.0 Å². The summed E-state index contributed by atoms with van der Waals surface area (Å²) in [6.45, 7) is 2.64. The highest BCUT2D eigenvalue weighted by atomic mass is 32.2. The SMILES string of the molecule is Cc1cc(C(NC(=O)c2cc(CN3CCSC3=N)cc(-c3cn(C4CCCC4)nc3C(F)(F)F)c2)C2CC2)ccc1F. The highest BCUT2D eigenvalue weighted by molar-refractivity contribution is 8.14. The van der Waals surface area contributed by atoms with E-state index in [9.17, 15) is 22.4 Å². The fourth-order valence-corrected chi connectivity index (χ4v) is 6.89. The lowest BCUT2D eigenvalue weighted by Gasteiger charge is -2.21. The van der Waals surface area contributed by atoms with Crippen molar-refractivity contribution in [1.29, 1.82) is 5.41 Å². The van der Waals surface area contributed by atoms with Crippen molar-refractivity contribution in [3.63, 3.8) is 0 Å². The first-order chi connectivity index (χ1) is 20.1. The molecule has 2 aliphatic carbocycles. The Hall–Kier alpha value is -3.34. The van der Waals surface area contributed by atoms with Gasteiger partial charge in [0.05, 0.1) is 12.1 Å². The van der Waals surface area contributed by atoms with Gasteiger partial charge in [0.25, 0.3) is 5.91 Å². The number of carbonyl (C=O) groups excluding carboxylic acids is 1. The van der Waals surface area contributed by atoms with E-state index in [2.05, 4.69) is 10.4 Å². The lowest BCUT2D eigenvalue weighted by Crippen LogP contribution is -2.30. The summed E-state index contributed by atoms with van der Waals surface area (Å²) in [6, 6.07) is 9.29. The summed E-state index contributed by atoms with van der Waals surface area (Å²) in [7, 11) is 0. The Labute approximate surface area is 246 Å². The van der Waals surface area contributed by atoms with Crippen LogP contribution in [-0.4, -0.2) is 38.1 Å². The van der Waals surface area contributed by atoms with Gasteiger partial charge in [-0.3, -0.25) is 14.9 Å². The Morgan fingerprint density at radius 2 is 1.90 bits per heavy atom. The number of amides is 1. The van der Waals surface area contributed by atoms with E-state index in [1.807, 2.05) is 4.90 Å². The van der Waals surface area contributed by atoms with Crippen molar-refractivity contribution in [3.8, 4) is 11.1 Å². The fraction of sp³-hybridized carbons (Fsp3) is 0.452. The number of nitrogens with zero attached hydrogens (tertiary/aromatic N) is 3. The van der Waals surface area contributed by atoms with Gasteiger partial charge in [0.15, 0.2) is 10.9 Å². The van der Waals surface area contributed by atoms with Crippen LogP contribution < -0.4 is 5.32 Å². The maximum absolute atomic E-state index is 14.3. The minimum absolute atomic E-state index is 0.0518. The van der Waals surface area contributed by atoms with Crippen LogP contribution in [0.1, 0.15) is 83.4 Å². The van der Waals surface area contributed by atoms with Crippen LogP contribution in [0.4, 0.5) is 17.6 Å². The van der Waals surface area contributed by atoms with Gasteiger partial charge in [0.2, 0.25) is 0 Å². The first kappa shape index (κ1) is 28.8. The Balaban J connectivity index is 1.38. The predicted octanol–water partition coefficient (Wildman–Crippen LogP) is 7.50. The van der Waals surface area contributed by atoms with Crippen LogP contribution in [0.2, 0.25) is 0 Å². The summed E-state index contributed by atoms with van der Waals surface area (Å²) < 4.78 is 58.2. The zero-order chi connectivity index (χ0) is 29.6. The summed E-state index contributed by atoms with van der Waals surface area (Å²) in [4.78, 5) is 15.6. The number of nitrogens with one attached hydrogen (secondary N) is 2. The summed E-state index contributed by atoms with van der Waals surface area (Å²) in [5.41, 5.74) is 1.44. The number of aryl methyl sites for hydroxylation is 1. The van der Waals surface area contributed by atoms with Crippen molar-refractivity contribution >= 4 is 22.8 Å². The number of benzene rings is 2. The van der Waals surface area contributed by atoms with E-state index in [4.69, 9.17) is 5.41 Å². The van der Waals surface area contributed by atoms with Crippen LogP contribution >= 0.6 is 11.8 Å². The van der Waals surface area contributed by atoms with Crippen LogP contribution in [0.15, 0.2) is 42.6 Å². The number of alkyl halides is 3. The molecule has 11 heteroatoms. The van der Waals surface area contributed by atoms with Crippen molar-refractivity contribution in [2.75, 3.05) is 12.3 Å². The van der Waals surface area contributed by atoms with Gasteiger partial charge in [-0.25, -0.2) is 4.39 Å². The summed E-state index contributed by atoms with van der Waals surface area (Å²) in [6.07, 6.45) is 2.14. The number of amidine groups is 1. The number of hydrogen-bond donors (Lipinski definition) is 2. The van der Waals surface area contributed by atoms with Gasteiger partial charge in [-0.15, -0.1) is 0 Å². The minimum Gasteiger partial charge on any atom is -0.347 e. The molecule has 1 aromatic heterocycles. The number of carbonyl (C=O) groups is 1. The van der Waals surface area contributed by atoms with Crippen molar-refractivity contribution in [2.24, 2.45) is 5.92 Å². The van der Waals surface area contributed by atoms with E-state index in [0.29, 0.717) is 29.4 Å². The third-order valence-corrected chi connectivity index (χ3v) is 9.37. The lowest BCUT2D eigenvalue weighted by atomic mass is 9.97. The number of thioether (sulfide) groups is 1. The Morgan fingerprint density at radius 1 is 1.14 bits per heavy atom. The minimum atomic E-state index is -4.66. The van der Waals surface area contributed by atoms with Crippen molar-refractivity contribution < 1.29 is 22.4 Å². The number of hydrogen-bond acceptors (Lipinski definition) is 4. The van der Waals surface area contributed by atoms with Crippen LogP contribution in [-0.2, 0) is 12.7 Å². The number of halogens is 4. The van der Waals surface area contributed by atoms with Crippen molar-refractivity contribution in [2.45, 2.75) is 70.3 Å². The summed E-state index contributed by atoms with van der Waals surface area (Å²) in [5.74, 6) is 0.254. The number of aromatic nitrogens is 2. The molecule has 3 aliphatic rings. The summed E-state index contributed by atoms with van der Waals surface area (Å²) >= 11 is 1.42. The lowest BCUT2D eigenvalue weighted by molar-refractivity contribution is -0.141. The molecule has 42 heavy (non-hydrogen) atoms. The third kappa shape index (κ3) is 6.07. The molecule has 6 rings (SSSR count). The number of rotatable bonds is 8. The largest absolute Gasteiger partial charge is 0.435 e. The molecule has 0 radical (unpaired) electrons. The summed E-state index contributed by atoms with van der Waals surface area (Å²) in [5, 5.41) is 15.7. The molecule has 2 heterocycles. The van der Waals surface area contributed by atoms with E-state index in [-0.39, 0.29) is 40.5 Å². The molecule has 2 saturated carbocycles. The van der Waals surface area contributed by atoms with Gasteiger partial charge in [0.1, 0.15) is 5.82 Å². The molecule has 2 N–H and O–H groups in total. The van der Waals surface area contributed by atoms with Gasteiger partial charge in [-0.2, -0.15) is 18.3 Å². The van der Waals surface area contributed by atoms with Crippen molar-refractivity contribution in [1.82, 2.24) is 20.0 Å². The molecule has 0 bridgehead atoms. The molecule has 0 spiro atoms. The molecule has 2 aromatic carbocycles. The molecule has 222 valence electrons. The molecule has 1 aliphatic heterocycles. The van der Waals surface area contributed by atoms with Crippen LogP contribution in [0.3, 0.4) is 0 Å². The van der Waals surface area contributed by atoms with E-state index in [1.54, 1.807) is 31.2 Å². The Morgan fingerprint density at radius 3 is 2.55 bits per heavy atom. The zero-order valence-corrected chi connectivity index (χ0v) is 24.1. The highest BCUT2D eigenvalue weighted by Crippen LogP contribution is 2.42. The molecule has 1 saturated heterocycles. The molecule has 1 amide bonds. The van der Waals surface area contributed by atoms with Gasteiger partial charge in [-0.1, -0.05) is 36.7 Å². The molecule has 3 fully saturated rings. The predicted molar refractivity (Wildman–Crippen MR) is 155 cm³/mol. The zero-order valence-electron chi connectivity index (χ0n) is 23.3. The maximum Gasteiger partial charge on any atom is 0.435 e. The second-order valence-electron chi connectivity index (χ2n) is 11.6. The highest BCUT2D eigenvalue weighted by Gasteiger charge is 2.39. The fourth-order valence-electron chi connectivity index (χ4n) is 6.04. The average Bonchev–Trinajstić information content (AvgIpc) is 3.29. The third-order valence-electron chi connectivity index (χ3n) is 8.45. The van der Waals surface area contributed by atoms with Gasteiger partial charge >= 0.3 is 6.18 Å². The van der Waals surface area contributed by atoms with Crippen LogP contribution in [0.25, 0.3) is 11.1 Å². The normalized spacial score (nSPS) is 18.6. The molecule has 1 unspecified atom stereocenters. The van der Waals surface area contributed by atoms with E-state index >= 15 is 0 Å². The standard InChI is InChI=1S/C31H33F4N5OS/c1-18-12-21(8-9-26(18)32)27(20-6-7-20)37-29(41)23-14-19(16-39-10-11-42-30(39)36)13-22(15-23)25-17-40(24-4-2-3-5-24)38-28(25)31(33,34)35/h8-9,12-15,17,20,24,27,36H,2-7,10-11,16H2,1H3,(H,37,41). The van der Waals surface area contributed by atoms with Crippen LogP contribution in [0, 0.1) is 24.1 Å². The van der Waals surface area contributed by atoms with E-state index in [1.165, 1.54) is 34.8 Å². The molecule has 3 aromatic rings. The second-order valence-corrected chi connectivity index (χ2v) is 12.7.